The number of carbonyl (C=O) groups is 1. The molecular weight excluding hydrogens is 801 g/mol. The average Bonchev–Trinajstić information content (AvgIpc) is 3.58. The summed E-state index contributed by atoms with van der Waals surface area (Å²) >= 11 is 0. The van der Waals surface area contributed by atoms with Crippen LogP contribution in [-0.2, 0) is 52.2 Å². The van der Waals surface area contributed by atoms with E-state index in [0.717, 1.165) is 18.4 Å². The van der Waals surface area contributed by atoms with Gasteiger partial charge in [0.2, 0.25) is 0 Å². The van der Waals surface area contributed by atoms with Crippen LogP contribution in [0.25, 0.3) is 0 Å². The summed E-state index contributed by atoms with van der Waals surface area (Å²) in [7, 11) is 3.23. The van der Waals surface area contributed by atoms with Crippen molar-refractivity contribution in [2.75, 3.05) is 20.8 Å². The van der Waals surface area contributed by atoms with Crippen LogP contribution in [0, 0.1) is 23.7 Å². The number of hydrogen-bond donors (Lipinski definition) is 3. The van der Waals surface area contributed by atoms with Gasteiger partial charge in [0.05, 0.1) is 49.3 Å². The molecule has 3 N–H and O–H groups in total. The van der Waals surface area contributed by atoms with E-state index in [1.165, 1.54) is 0 Å². The van der Waals surface area contributed by atoms with Crippen molar-refractivity contribution < 1.29 is 67.5 Å². The van der Waals surface area contributed by atoms with Crippen LogP contribution < -0.4 is 0 Å². The van der Waals surface area contributed by atoms with Gasteiger partial charge in [-0.15, -0.1) is 0 Å². The normalized spacial score (nSPS) is 49.4. The first-order valence-electron chi connectivity index (χ1n) is 23.2. The highest BCUT2D eigenvalue weighted by atomic mass is 16.7. The van der Waals surface area contributed by atoms with Crippen molar-refractivity contribution in [1.29, 1.82) is 0 Å². The second-order valence-corrected chi connectivity index (χ2v) is 19.4. The standard InChI is InChI=1S/C48H74O14/c1-11-25(2)43-28(5)17-18-47(62-43)23-34-20-33(61-47)16-15-27(4)42(26(3)13-12-14-32-24-55-45-40(49)29(6)19-35(46(51)58-34)48(32,45)52)59-39-22-37(54-10)44(31(8)57-39)60-38-21-36(53-9)41(50)30(7)56-38/h12-15,19,25-26,28,30-31,33-45,49-50,52H,11,16-18,20-24H2,1-10H3/b13-12+,27-15+,32-14+/t25-,26+,28+,30+,31+,33?,34?,35?,36+,37+,38+,39+,40-,41+,42+,43?,44+,45?,47-,48-/m1/s1. The third-order valence-electron chi connectivity index (χ3n) is 14.9. The largest absolute Gasteiger partial charge is 0.462 e. The number of carbonyl (C=O) groups excluding carboxylic acids is 1. The summed E-state index contributed by atoms with van der Waals surface area (Å²) in [6.07, 6.45) is 6.53. The topological polar surface area (TPSA) is 170 Å². The molecule has 0 aromatic heterocycles. The van der Waals surface area contributed by atoms with Crippen LogP contribution in [0.2, 0.25) is 0 Å². The zero-order valence-corrected chi connectivity index (χ0v) is 38.5. The molecule has 5 unspecified atom stereocenters. The number of rotatable bonds is 8. The fraction of sp³-hybridized carbons (Fsp3) is 0.812. The van der Waals surface area contributed by atoms with Gasteiger partial charge >= 0.3 is 5.97 Å². The molecule has 14 heteroatoms. The number of fused-ring (bicyclic) bond motifs is 2. The fourth-order valence-corrected chi connectivity index (χ4v) is 11.0. The zero-order chi connectivity index (χ0) is 44.7. The van der Waals surface area contributed by atoms with Gasteiger partial charge in [0, 0.05) is 52.2 Å². The van der Waals surface area contributed by atoms with Crippen molar-refractivity contribution in [3.05, 3.63) is 47.1 Å². The maximum Gasteiger partial charge on any atom is 0.316 e. The molecule has 0 aromatic carbocycles. The number of aliphatic hydroxyl groups is 3. The van der Waals surface area contributed by atoms with E-state index in [0.29, 0.717) is 61.5 Å². The SMILES string of the molecule is CC[C@@H](C)C1O[C@]2(CC[C@@H]1C)CC1CC(C/C=C(\C)[C@@H](O[C@H]3C[C@H](OC)[C@@H](O[C@H]4C[C@H](OC)[C@@H](O)[C@H](C)O4)[C@H](C)O3)[C@@H](C)/C=C/C=C3\COC4[C@H](O)C(C)=CC(C(=O)O1)[C@]34O)O2. The molecule has 350 valence electrons. The zero-order valence-electron chi connectivity index (χ0n) is 38.5. The Kier molecular flexibility index (Phi) is 15.3. The highest BCUT2D eigenvalue weighted by Crippen LogP contribution is 2.48. The highest BCUT2D eigenvalue weighted by Gasteiger charge is 2.60. The van der Waals surface area contributed by atoms with Gasteiger partial charge in [0.25, 0.3) is 0 Å². The van der Waals surface area contributed by atoms with Gasteiger partial charge in [0.15, 0.2) is 18.4 Å². The minimum absolute atomic E-state index is 0.00708. The Hall–Kier alpha value is -2.05. The summed E-state index contributed by atoms with van der Waals surface area (Å²) in [5, 5.41) is 34.2. The second-order valence-electron chi connectivity index (χ2n) is 19.4. The van der Waals surface area contributed by atoms with Crippen molar-refractivity contribution in [2.24, 2.45) is 23.7 Å². The molecule has 0 saturated carbocycles. The second kappa shape index (κ2) is 19.8. The summed E-state index contributed by atoms with van der Waals surface area (Å²) in [4.78, 5) is 14.4. The number of hydrogen-bond acceptors (Lipinski definition) is 14. The predicted octanol–water partition coefficient (Wildman–Crippen LogP) is 5.60. The van der Waals surface area contributed by atoms with Crippen molar-refractivity contribution in [3.63, 3.8) is 0 Å². The van der Waals surface area contributed by atoms with Crippen LogP contribution in [0.5, 0.6) is 0 Å². The minimum Gasteiger partial charge on any atom is -0.462 e. The molecule has 7 aliphatic rings. The number of ether oxygens (including phenoxy) is 10. The predicted molar refractivity (Wildman–Crippen MR) is 227 cm³/mol. The first-order valence-corrected chi connectivity index (χ1v) is 23.2. The number of aliphatic hydroxyl groups excluding tert-OH is 2. The molecule has 0 aromatic rings. The van der Waals surface area contributed by atoms with Crippen molar-refractivity contribution in [2.45, 2.75) is 204 Å². The molecule has 6 heterocycles. The summed E-state index contributed by atoms with van der Waals surface area (Å²) < 4.78 is 63.9. The van der Waals surface area contributed by atoms with Gasteiger partial charge in [-0.2, -0.15) is 0 Å². The third kappa shape index (κ3) is 9.73. The maximum atomic E-state index is 14.4. The van der Waals surface area contributed by atoms with Crippen molar-refractivity contribution >= 4 is 5.97 Å². The number of methoxy groups -OCH3 is 2. The van der Waals surface area contributed by atoms with Crippen LogP contribution in [0.4, 0.5) is 0 Å². The van der Waals surface area contributed by atoms with Crippen LogP contribution in [0.15, 0.2) is 47.1 Å². The van der Waals surface area contributed by atoms with E-state index >= 15 is 0 Å². The lowest BCUT2D eigenvalue weighted by atomic mass is 9.71. The molecular formula is C48H74O14. The molecule has 5 saturated heterocycles. The van der Waals surface area contributed by atoms with Crippen LogP contribution in [0.3, 0.4) is 0 Å². The van der Waals surface area contributed by atoms with E-state index in [1.807, 2.05) is 19.1 Å². The summed E-state index contributed by atoms with van der Waals surface area (Å²) in [6.45, 7) is 16.3. The van der Waals surface area contributed by atoms with Crippen LogP contribution in [0.1, 0.15) is 107 Å². The summed E-state index contributed by atoms with van der Waals surface area (Å²) in [6, 6.07) is 0. The van der Waals surface area contributed by atoms with Gasteiger partial charge in [-0.1, -0.05) is 64.5 Å². The van der Waals surface area contributed by atoms with Gasteiger partial charge < -0.3 is 62.7 Å². The molecule has 5 fully saturated rings. The molecule has 2 bridgehead atoms. The minimum atomic E-state index is -1.82. The fourth-order valence-electron chi connectivity index (χ4n) is 11.0. The molecule has 20 atom stereocenters. The van der Waals surface area contributed by atoms with E-state index in [4.69, 9.17) is 47.4 Å². The first-order chi connectivity index (χ1) is 29.5. The summed E-state index contributed by atoms with van der Waals surface area (Å²) in [5.74, 6) is -2.10. The molecule has 7 rings (SSSR count). The molecule has 0 radical (unpaired) electrons. The summed E-state index contributed by atoms with van der Waals surface area (Å²) in [5.41, 5.74) is 0.188. The molecule has 14 nitrogen and oxygen atoms in total. The third-order valence-corrected chi connectivity index (χ3v) is 14.9. The van der Waals surface area contributed by atoms with Crippen LogP contribution in [-0.4, -0.2) is 139 Å². The molecule has 1 spiro atoms. The Morgan fingerprint density at radius 3 is 2.35 bits per heavy atom. The van der Waals surface area contributed by atoms with E-state index < -0.39 is 90.8 Å². The van der Waals surface area contributed by atoms with Gasteiger partial charge in [-0.3, -0.25) is 4.79 Å². The quantitative estimate of drug-likeness (QED) is 0.204. The Balaban J connectivity index is 1.18. The Labute approximate surface area is 368 Å². The lowest BCUT2D eigenvalue weighted by Crippen LogP contribution is -2.58. The maximum absolute atomic E-state index is 14.4. The Bertz CT molecular complexity index is 1680. The molecule has 0 amide bonds. The van der Waals surface area contributed by atoms with Crippen LogP contribution >= 0.6 is 0 Å². The first kappa shape index (κ1) is 47.9. The monoisotopic (exact) mass is 875 g/mol. The van der Waals surface area contributed by atoms with E-state index in [-0.39, 0.29) is 30.8 Å². The average molecular weight is 875 g/mol. The Morgan fingerprint density at radius 1 is 0.919 bits per heavy atom. The van der Waals surface area contributed by atoms with Crippen molar-refractivity contribution in [1.82, 2.24) is 0 Å². The smallest absolute Gasteiger partial charge is 0.316 e. The lowest BCUT2D eigenvalue weighted by Gasteiger charge is -2.51. The number of allylic oxidation sites excluding steroid dienone is 2. The van der Waals surface area contributed by atoms with Gasteiger partial charge in [-0.05, 0) is 69.1 Å². The lowest BCUT2D eigenvalue weighted by molar-refractivity contribution is -0.340. The van der Waals surface area contributed by atoms with Gasteiger partial charge in [0.1, 0.15) is 42.0 Å². The molecule has 6 aliphatic heterocycles. The van der Waals surface area contributed by atoms with Gasteiger partial charge in [-0.25, -0.2) is 0 Å². The van der Waals surface area contributed by atoms with E-state index in [1.54, 1.807) is 40.2 Å². The van der Waals surface area contributed by atoms with E-state index in [2.05, 4.69) is 40.7 Å². The Morgan fingerprint density at radius 2 is 1.63 bits per heavy atom. The number of esters is 1. The molecule has 1 aliphatic carbocycles. The van der Waals surface area contributed by atoms with E-state index in [9.17, 15) is 20.1 Å². The molecule has 62 heavy (non-hydrogen) atoms. The highest BCUT2D eigenvalue weighted by molar-refractivity contribution is 5.78. The van der Waals surface area contributed by atoms with Crippen molar-refractivity contribution in [3.8, 4) is 0 Å².